The molecule has 0 radical (unpaired) electrons. The van der Waals surface area contributed by atoms with Crippen LogP contribution in [0.15, 0.2) is 90.1 Å². The molecule has 2 amide bonds. The van der Waals surface area contributed by atoms with Crippen molar-refractivity contribution in [1.82, 2.24) is 10.2 Å². The van der Waals surface area contributed by atoms with Gasteiger partial charge >= 0.3 is 0 Å². The zero-order chi connectivity index (χ0) is 26.0. The molecular formula is C29H31N3O5. The lowest BCUT2D eigenvalue weighted by Crippen LogP contribution is -2.41. The van der Waals surface area contributed by atoms with E-state index < -0.39 is 6.10 Å². The number of aliphatic hydroxyl groups excluding tert-OH is 1. The van der Waals surface area contributed by atoms with Crippen LogP contribution in [-0.4, -0.2) is 66.5 Å². The Kier molecular flexibility index (Phi) is 8.89. The molecule has 0 aliphatic carbocycles. The smallest absolute Gasteiger partial charge is 0.254 e. The first kappa shape index (κ1) is 25.9. The lowest BCUT2D eigenvalue weighted by Gasteiger charge is -2.24. The van der Waals surface area contributed by atoms with Crippen LogP contribution in [0.25, 0.3) is 11.1 Å². The van der Waals surface area contributed by atoms with Crippen LogP contribution in [0.4, 0.5) is 0 Å². The van der Waals surface area contributed by atoms with Gasteiger partial charge in [0.15, 0.2) is 0 Å². The number of aliphatic hydroxyl groups is 1. The number of amides is 2. The van der Waals surface area contributed by atoms with E-state index in [9.17, 15) is 14.7 Å². The summed E-state index contributed by atoms with van der Waals surface area (Å²) in [5, 5.41) is 16.9. The summed E-state index contributed by atoms with van der Waals surface area (Å²) in [6.45, 7) is 0.396. The Hall–Kier alpha value is -4.17. The van der Waals surface area contributed by atoms with E-state index >= 15 is 0 Å². The Balaban J connectivity index is 1.34. The normalized spacial score (nSPS) is 16.9. The first-order chi connectivity index (χ1) is 18.0. The molecule has 3 aromatic carbocycles. The third-order valence-corrected chi connectivity index (χ3v) is 6.13. The first-order valence-corrected chi connectivity index (χ1v) is 12.2. The molecule has 1 unspecified atom stereocenters. The van der Waals surface area contributed by atoms with Crippen molar-refractivity contribution in [2.24, 2.45) is 5.16 Å². The van der Waals surface area contributed by atoms with Gasteiger partial charge in [-0.3, -0.25) is 9.59 Å². The van der Waals surface area contributed by atoms with Crippen LogP contribution >= 0.6 is 0 Å². The lowest BCUT2D eigenvalue weighted by molar-refractivity contribution is -0.122. The number of nitrogens with one attached hydrogen (secondary N) is 1. The van der Waals surface area contributed by atoms with E-state index in [0.717, 1.165) is 11.1 Å². The Morgan fingerprint density at radius 1 is 1.00 bits per heavy atom. The van der Waals surface area contributed by atoms with E-state index in [1.165, 1.54) is 7.11 Å². The number of hydrogen-bond donors (Lipinski definition) is 2. The molecule has 1 aliphatic rings. The molecule has 192 valence electrons. The minimum atomic E-state index is -0.862. The standard InChI is InChI=1S/C29H31N3O5/c1-36-31-24-16-25(17-28(34)30-18-26(33)20-37-27-10-6-3-7-11-27)32(19-24)29(35)23-14-12-22(13-15-23)21-8-4-2-5-9-21/h2-15,25-26,33H,16-20H2,1H3,(H,30,34)/t25-,26?/m0/s1. The van der Waals surface area contributed by atoms with Crippen molar-refractivity contribution >= 4 is 17.5 Å². The predicted octanol–water partition coefficient (Wildman–Crippen LogP) is 3.52. The second-order valence-electron chi connectivity index (χ2n) is 8.86. The molecule has 0 saturated carbocycles. The zero-order valence-corrected chi connectivity index (χ0v) is 20.7. The number of likely N-dealkylation sites (tertiary alicyclic amines) is 1. The van der Waals surface area contributed by atoms with Crippen molar-refractivity contribution in [3.63, 3.8) is 0 Å². The number of carbonyl (C=O) groups is 2. The minimum absolute atomic E-state index is 0.0479. The summed E-state index contributed by atoms with van der Waals surface area (Å²) in [6, 6.07) is 26.2. The van der Waals surface area contributed by atoms with Gasteiger partial charge in [0.2, 0.25) is 5.91 Å². The summed E-state index contributed by atoms with van der Waals surface area (Å²) in [7, 11) is 1.46. The number of rotatable bonds is 10. The summed E-state index contributed by atoms with van der Waals surface area (Å²) < 4.78 is 5.52. The summed E-state index contributed by atoms with van der Waals surface area (Å²) in [4.78, 5) is 32.6. The lowest BCUT2D eigenvalue weighted by atomic mass is 10.0. The van der Waals surface area contributed by atoms with Crippen LogP contribution in [0.1, 0.15) is 23.2 Å². The molecule has 2 N–H and O–H groups in total. The third kappa shape index (κ3) is 7.17. The Bertz CT molecular complexity index is 1200. The van der Waals surface area contributed by atoms with Crippen molar-refractivity contribution < 1.29 is 24.3 Å². The molecule has 37 heavy (non-hydrogen) atoms. The maximum Gasteiger partial charge on any atom is 0.254 e. The summed E-state index contributed by atoms with van der Waals surface area (Å²) >= 11 is 0. The van der Waals surface area contributed by atoms with Crippen LogP contribution in [-0.2, 0) is 9.63 Å². The van der Waals surface area contributed by atoms with Gasteiger partial charge in [-0.05, 0) is 35.4 Å². The van der Waals surface area contributed by atoms with Gasteiger partial charge in [-0.15, -0.1) is 0 Å². The van der Waals surface area contributed by atoms with Gasteiger partial charge in [0.05, 0.1) is 12.3 Å². The van der Waals surface area contributed by atoms with E-state index in [-0.39, 0.29) is 37.4 Å². The van der Waals surface area contributed by atoms with E-state index in [1.54, 1.807) is 29.2 Å². The monoisotopic (exact) mass is 501 g/mol. The molecule has 2 atom stereocenters. The van der Waals surface area contributed by atoms with Crippen molar-refractivity contribution in [3.05, 3.63) is 90.5 Å². The van der Waals surface area contributed by atoms with Crippen molar-refractivity contribution in [3.8, 4) is 16.9 Å². The average molecular weight is 502 g/mol. The molecule has 4 rings (SSSR count). The highest BCUT2D eigenvalue weighted by Gasteiger charge is 2.35. The highest BCUT2D eigenvalue weighted by atomic mass is 16.6. The number of oxime groups is 1. The quantitative estimate of drug-likeness (QED) is 0.414. The van der Waals surface area contributed by atoms with E-state index in [0.29, 0.717) is 30.0 Å². The first-order valence-electron chi connectivity index (χ1n) is 12.2. The average Bonchev–Trinajstić information content (AvgIpc) is 3.33. The van der Waals surface area contributed by atoms with Gasteiger partial charge in [0, 0.05) is 31.0 Å². The second-order valence-corrected chi connectivity index (χ2v) is 8.86. The maximum atomic E-state index is 13.4. The van der Waals surface area contributed by atoms with Crippen LogP contribution in [0.2, 0.25) is 0 Å². The molecule has 0 aromatic heterocycles. The van der Waals surface area contributed by atoms with Gasteiger partial charge in [0.1, 0.15) is 25.6 Å². The SMILES string of the molecule is CON=C1C[C@@H](CC(=O)NCC(O)COc2ccccc2)N(C(=O)c2ccc(-c3ccccc3)cc2)C1. The molecule has 1 saturated heterocycles. The number of ether oxygens (including phenoxy) is 1. The van der Waals surface area contributed by atoms with Crippen LogP contribution < -0.4 is 10.1 Å². The highest BCUT2D eigenvalue weighted by molar-refractivity contribution is 6.01. The molecule has 1 aliphatic heterocycles. The predicted molar refractivity (Wildman–Crippen MR) is 141 cm³/mol. The van der Waals surface area contributed by atoms with Crippen LogP contribution in [0, 0.1) is 0 Å². The van der Waals surface area contributed by atoms with Gasteiger partial charge < -0.3 is 24.9 Å². The number of hydrogen-bond acceptors (Lipinski definition) is 6. The largest absolute Gasteiger partial charge is 0.491 e. The fourth-order valence-electron chi connectivity index (χ4n) is 4.28. The molecule has 0 bridgehead atoms. The molecule has 8 heteroatoms. The summed E-state index contributed by atoms with van der Waals surface area (Å²) in [5.74, 6) is 0.212. The fraction of sp³-hybridized carbons (Fsp3) is 0.276. The summed E-state index contributed by atoms with van der Waals surface area (Å²) in [5.41, 5.74) is 3.33. The van der Waals surface area contributed by atoms with Crippen LogP contribution in [0.5, 0.6) is 5.75 Å². The van der Waals surface area contributed by atoms with Crippen molar-refractivity contribution in [1.29, 1.82) is 0 Å². The Morgan fingerprint density at radius 2 is 1.65 bits per heavy atom. The topological polar surface area (TPSA) is 100 Å². The molecule has 1 heterocycles. The summed E-state index contributed by atoms with van der Waals surface area (Å²) in [6.07, 6.45) is -0.336. The third-order valence-electron chi connectivity index (χ3n) is 6.13. The molecule has 1 fully saturated rings. The molecule has 3 aromatic rings. The van der Waals surface area contributed by atoms with Crippen LogP contribution in [0.3, 0.4) is 0 Å². The number of nitrogens with zero attached hydrogens (tertiary/aromatic N) is 2. The van der Waals surface area contributed by atoms with Gasteiger partial charge in [0.25, 0.3) is 5.91 Å². The number of para-hydroxylation sites is 1. The van der Waals surface area contributed by atoms with E-state index in [4.69, 9.17) is 9.57 Å². The van der Waals surface area contributed by atoms with E-state index in [1.807, 2.05) is 60.7 Å². The number of carbonyl (C=O) groups excluding carboxylic acids is 2. The minimum Gasteiger partial charge on any atom is -0.491 e. The van der Waals surface area contributed by atoms with E-state index in [2.05, 4.69) is 10.5 Å². The van der Waals surface area contributed by atoms with Gasteiger partial charge in [-0.1, -0.05) is 65.8 Å². The van der Waals surface area contributed by atoms with Gasteiger partial charge in [-0.25, -0.2) is 0 Å². The molecular weight excluding hydrogens is 470 g/mol. The fourth-order valence-corrected chi connectivity index (χ4v) is 4.28. The zero-order valence-electron chi connectivity index (χ0n) is 20.7. The second kappa shape index (κ2) is 12.7. The molecule has 0 spiro atoms. The molecule has 8 nitrogen and oxygen atoms in total. The Morgan fingerprint density at radius 3 is 2.32 bits per heavy atom. The highest BCUT2D eigenvalue weighted by Crippen LogP contribution is 2.24. The maximum absolute atomic E-state index is 13.4. The Labute approximate surface area is 216 Å². The number of benzene rings is 3. The van der Waals surface area contributed by atoms with Gasteiger partial charge in [-0.2, -0.15) is 0 Å². The van der Waals surface area contributed by atoms with Crippen molar-refractivity contribution in [2.45, 2.75) is 25.0 Å². The van der Waals surface area contributed by atoms with Crippen molar-refractivity contribution in [2.75, 3.05) is 26.8 Å².